The largest absolute Gasteiger partial charge is 0.493 e. The molecule has 0 saturated heterocycles. The van der Waals surface area contributed by atoms with Gasteiger partial charge in [-0.15, -0.1) is 0 Å². The van der Waals surface area contributed by atoms with Gasteiger partial charge in [0.1, 0.15) is 0 Å². The smallest absolute Gasteiger partial charge is 0.254 e. The molecule has 1 aromatic rings. The maximum Gasteiger partial charge on any atom is 0.254 e. The molecule has 6 heteroatoms. The highest BCUT2D eigenvalue weighted by atomic mass is 16.5. The predicted molar refractivity (Wildman–Crippen MR) is 100 cm³/mol. The molecule has 0 aromatic heterocycles. The van der Waals surface area contributed by atoms with Crippen molar-refractivity contribution in [3.8, 4) is 11.8 Å². The summed E-state index contributed by atoms with van der Waals surface area (Å²) in [4.78, 5) is 26.0. The first-order valence-corrected chi connectivity index (χ1v) is 8.41. The Bertz CT molecular complexity index is 840. The normalized spacial score (nSPS) is 18.0. The minimum atomic E-state index is -2.03. The fourth-order valence-electron chi connectivity index (χ4n) is 2.63. The van der Waals surface area contributed by atoms with Crippen molar-refractivity contribution in [2.45, 2.75) is 26.0 Å². The van der Waals surface area contributed by atoms with Gasteiger partial charge in [-0.25, -0.2) is 0 Å². The highest BCUT2D eigenvalue weighted by Crippen LogP contribution is 2.35. The number of ketones is 1. The molecule has 0 spiro atoms. The molecule has 0 saturated carbocycles. The van der Waals surface area contributed by atoms with Crippen LogP contribution in [0, 0.1) is 11.8 Å². The van der Waals surface area contributed by atoms with E-state index in [2.05, 4.69) is 11.8 Å². The van der Waals surface area contributed by atoms with Gasteiger partial charge >= 0.3 is 0 Å². The van der Waals surface area contributed by atoms with Gasteiger partial charge in [0.05, 0.1) is 20.8 Å². The molecule has 0 radical (unpaired) electrons. The van der Waals surface area contributed by atoms with E-state index in [1.807, 2.05) is 44.2 Å². The van der Waals surface area contributed by atoms with E-state index in [4.69, 9.17) is 9.47 Å². The molecule has 142 valence electrons. The molecule has 1 aromatic carbocycles. The van der Waals surface area contributed by atoms with Crippen LogP contribution in [0.1, 0.15) is 19.4 Å². The number of aliphatic hydroxyl groups is 1. The summed E-state index contributed by atoms with van der Waals surface area (Å²) in [5.74, 6) is 4.33. The summed E-state index contributed by atoms with van der Waals surface area (Å²) in [6, 6.07) is 9.51. The zero-order valence-corrected chi connectivity index (χ0v) is 15.9. The van der Waals surface area contributed by atoms with Crippen molar-refractivity contribution >= 4 is 11.7 Å². The molecular formula is C21H23NO5. The number of rotatable bonds is 6. The van der Waals surface area contributed by atoms with E-state index in [1.165, 1.54) is 25.2 Å². The summed E-state index contributed by atoms with van der Waals surface area (Å²) in [6.07, 6.45) is 1.53. The molecule has 1 amide bonds. The van der Waals surface area contributed by atoms with Gasteiger partial charge in [0.15, 0.2) is 5.76 Å². The van der Waals surface area contributed by atoms with E-state index >= 15 is 0 Å². The van der Waals surface area contributed by atoms with Gasteiger partial charge in [-0.05, 0) is 25.3 Å². The van der Waals surface area contributed by atoms with Crippen molar-refractivity contribution in [1.82, 2.24) is 4.90 Å². The van der Waals surface area contributed by atoms with E-state index < -0.39 is 11.4 Å². The first-order chi connectivity index (χ1) is 12.8. The molecule has 1 unspecified atom stereocenters. The van der Waals surface area contributed by atoms with Gasteiger partial charge in [-0.3, -0.25) is 9.59 Å². The second kappa shape index (κ2) is 8.56. The third-order valence-electron chi connectivity index (χ3n) is 3.96. The Balaban J connectivity index is 2.21. The van der Waals surface area contributed by atoms with Crippen LogP contribution in [0.5, 0.6) is 0 Å². The summed E-state index contributed by atoms with van der Waals surface area (Å²) in [5, 5.41) is 10.4. The highest BCUT2D eigenvalue weighted by Gasteiger charge is 2.55. The summed E-state index contributed by atoms with van der Waals surface area (Å²) in [5.41, 5.74) is -0.210. The van der Waals surface area contributed by atoms with Crippen LogP contribution < -0.4 is 0 Å². The molecule has 6 nitrogen and oxygen atoms in total. The van der Waals surface area contributed by atoms with Gasteiger partial charge in [-0.1, -0.05) is 41.8 Å². The molecule has 2 rings (SSSR count). The summed E-state index contributed by atoms with van der Waals surface area (Å²) >= 11 is 0. The van der Waals surface area contributed by atoms with E-state index in [9.17, 15) is 14.7 Å². The van der Waals surface area contributed by atoms with Crippen molar-refractivity contribution in [2.75, 3.05) is 20.8 Å². The number of carbonyl (C=O) groups is 2. The summed E-state index contributed by atoms with van der Waals surface area (Å²) < 4.78 is 9.91. The molecule has 27 heavy (non-hydrogen) atoms. The van der Waals surface area contributed by atoms with Crippen molar-refractivity contribution < 1.29 is 24.2 Å². The first-order valence-electron chi connectivity index (χ1n) is 8.41. The minimum absolute atomic E-state index is 0.0206. The number of methoxy groups -OCH3 is 2. The third-order valence-corrected chi connectivity index (χ3v) is 3.96. The van der Waals surface area contributed by atoms with Crippen LogP contribution >= 0.6 is 0 Å². The molecule has 1 aliphatic carbocycles. The molecular weight excluding hydrogens is 346 g/mol. The Kier molecular flexibility index (Phi) is 6.43. The molecule has 0 aliphatic heterocycles. The number of ether oxygens (including phenoxy) is 2. The monoisotopic (exact) mass is 369 g/mol. The average molecular weight is 369 g/mol. The molecule has 0 heterocycles. The van der Waals surface area contributed by atoms with Crippen LogP contribution in [-0.4, -0.2) is 48.1 Å². The molecule has 1 aliphatic rings. The Hall–Kier alpha value is -3.04. The van der Waals surface area contributed by atoms with Gasteiger partial charge in [0.25, 0.3) is 11.4 Å². The Morgan fingerprint density at radius 2 is 1.89 bits per heavy atom. The lowest BCUT2D eigenvalue weighted by Gasteiger charge is -2.32. The standard InChI is InChI=1S/C21H23NO5/c1-15(2)13-17(23)22(14-16-9-6-5-7-10-16)12-8-11-21(25)19(24)18(26-3)20(21)27-4/h5-7,9-10,13,25H,12,14H2,1-4H3. The van der Waals surface area contributed by atoms with Gasteiger partial charge in [-0.2, -0.15) is 0 Å². The lowest BCUT2D eigenvalue weighted by atomic mass is 9.83. The fourth-order valence-corrected chi connectivity index (χ4v) is 2.63. The number of amides is 1. The van der Waals surface area contributed by atoms with Gasteiger partial charge < -0.3 is 19.5 Å². The van der Waals surface area contributed by atoms with Crippen LogP contribution in [0.2, 0.25) is 0 Å². The summed E-state index contributed by atoms with van der Waals surface area (Å²) in [7, 11) is 2.65. The van der Waals surface area contributed by atoms with Gasteiger partial charge in [0, 0.05) is 12.6 Å². The number of nitrogens with zero attached hydrogens (tertiary/aromatic N) is 1. The third kappa shape index (κ3) is 4.39. The lowest BCUT2D eigenvalue weighted by Crippen LogP contribution is -2.51. The lowest BCUT2D eigenvalue weighted by molar-refractivity contribution is -0.138. The number of hydrogen-bond acceptors (Lipinski definition) is 5. The van der Waals surface area contributed by atoms with E-state index in [-0.39, 0.29) is 24.0 Å². The van der Waals surface area contributed by atoms with E-state index in [1.54, 1.807) is 0 Å². The van der Waals surface area contributed by atoms with Gasteiger partial charge in [0.2, 0.25) is 11.7 Å². The maximum atomic E-state index is 12.5. The topological polar surface area (TPSA) is 76.1 Å². The van der Waals surface area contributed by atoms with Crippen LogP contribution in [0.3, 0.4) is 0 Å². The quantitative estimate of drug-likeness (QED) is 0.611. The number of benzene rings is 1. The molecule has 1 N–H and O–H groups in total. The second-order valence-corrected chi connectivity index (χ2v) is 6.31. The van der Waals surface area contributed by atoms with Crippen LogP contribution in [0.25, 0.3) is 0 Å². The second-order valence-electron chi connectivity index (χ2n) is 6.31. The molecule has 1 atom stereocenters. The van der Waals surface area contributed by atoms with Crippen molar-refractivity contribution in [1.29, 1.82) is 0 Å². The fraction of sp³-hybridized carbons (Fsp3) is 0.333. The van der Waals surface area contributed by atoms with Crippen LogP contribution in [-0.2, 0) is 25.6 Å². The Labute approximate surface area is 159 Å². The molecule has 0 fully saturated rings. The summed E-state index contributed by atoms with van der Waals surface area (Å²) in [6.45, 7) is 4.08. The van der Waals surface area contributed by atoms with Crippen molar-refractivity contribution in [2.24, 2.45) is 0 Å². The first kappa shape index (κ1) is 20.3. The maximum absolute atomic E-state index is 12.5. The Morgan fingerprint density at radius 3 is 2.44 bits per heavy atom. The molecule has 0 bridgehead atoms. The minimum Gasteiger partial charge on any atom is -0.493 e. The number of hydrogen-bond donors (Lipinski definition) is 1. The van der Waals surface area contributed by atoms with Crippen LogP contribution in [0.15, 0.2) is 53.5 Å². The Morgan fingerprint density at radius 1 is 1.22 bits per heavy atom. The van der Waals surface area contributed by atoms with Crippen molar-refractivity contribution in [3.63, 3.8) is 0 Å². The number of carbonyl (C=O) groups excluding carboxylic acids is 2. The number of Topliss-reactive ketones (excluding diaryl/α,β-unsaturated/α-hetero) is 1. The predicted octanol–water partition coefficient (Wildman–Crippen LogP) is 1.80. The van der Waals surface area contributed by atoms with Crippen LogP contribution in [0.4, 0.5) is 0 Å². The zero-order valence-electron chi connectivity index (χ0n) is 15.9. The van der Waals surface area contributed by atoms with Crippen molar-refractivity contribution in [3.05, 3.63) is 59.1 Å². The highest BCUT2D eigenvalue weighted by molar-refractivity contribution is 6.12. The van der Waals surface area contributed by atoms with E-state index in [0.29, 0.717) is 6.54 Å². The SMILES string of the molecule is COC1=C(OC)C(O)(C#CCN(Cc2ccccc2)C(=O)C=C(C)C)C1=O. The number of allylic oxidation sites excluding steroid dienone is 1. The zero-order chi connectivity index (χ0) is 20.0. The van der Waals surface area contributed by atoms with E-state index in [0.717, 1.165) is 11.1 Å². The average Bonchev–Trinajstić information content (AvgIpc) is 2.64.